The maximum Gasteiger partial charge on any atom is 0.179 e. The van der Waals surface area contributed by atoms with Gasteiger partial charge in [0.05, 0.1) is 12.1 Å². The summed E-state index contributed by atoms with van der Waals surface area (Å²) in [5.41, 5.74) is 13.0. The van der Waals surface area contributed by atoms with E-state index >= 15 is 0 Å². The van der Waals surface area contributed by atoms with Crippen LogP contribution in [0.15, 0.2) is 60.7 Å². The number of Topliss-reactive ketones (excluding diaryl/α,β-unsaturated/α-hetero) is 2. The van der Waals surface area contributed by atoms with Gasteiger partial charge in [-0.2, -0.15) is 0 Å². The maximum atomic E-state index is 12.1. The molecule has 0 heterocycles. The number of rotatable bonds is 7. The molecule has 0 aromatic heterocycles. The average Bonchev–Trinajstić information content (AvgIpc) is 2.59. The first-order chi connectivity index (χ1) is 10.6. The largest absolute Gasteiger partial charge is 0.321 e. The van der Waals surface area contributed by atoms with Crippen LogP contribution in [0.5, 0.6) is 0 Å². The lowest BCUT2D eigenvalue weighted by Crippen LogP contribution is -2.36. The molecule has 0 unspecified atom stereocenters. The van der Waals surface area contributed by atoms with Gasteiger partial charge in [-0.3, -0.25) is 9.59 Å². The van der Waals surface area contributed by atoms with Crippen LogP contribution in [-0.2, 0) is 0 Å². The Kier molecular flexibility index (Phi) is 5.58. The summed E-state index contributed by atoms with van der Waals surface area (Å²) >= 11 is 0. The van der Waals surface area contributed by atoms with Gasteiger partial charge in [-0.05, 0) is 12.8 Å². The summed E-state index contributed by atoms with van der Waals surface area (Å²) in [4.78, 5) is 24.3. The van der Waals surface area contributed by atoms with E-state index in [1.165, 1.54) is 0 Å². The predicted octanol–water partition coefficient (Wildman–Crippen LogP) is 2.19. The number of carbonyl (C=O) groups excluding carboxylic acids is 2. The minimum atomic E-state index is -0.642. The molecule has 0 aliphatic heterocycles. The fraction of sp³-hybridized carbons (Fsp3) is 0.222. The van der Waals surface area contributed by atoms with Crippen molar-refractivity contribution in [3.05, 3.63) is 71.8 Å². The van der Waals surface area contributed by atoms with Gasteiger partial charge in [0.1, 0.15) is 0 Å². The predicted molar refractivity (Wildman–Crippen MR) is 86.7 cm³/mol. The molecular formula is C18H20N2O2. The van der Waals surface area contributed by atoms with Crippen molar-refractivity contribution >= 4 is 11.6 Å². The van der Waals surface area contributed by atoms with E-state index in [0.717, 1.165) is 0 Å². The quantitative estimate of drug-likeness (QED) is 0.767. The molecule has 0 spiro atoms. The molecule has 22 heavy (non-hydrogen) atoms. The first-order valence-electron chi connectivity index (χ1n) is 7.29. The molecule has 4 N–H and O–H groups in total. The van der Waals surface area contributed by atoms with E-state index in [-0.39, 0.29) is 11.6 Å². The lowest BCUT2D eigenvalue weighted by Gasteiger charge is -2.14. The number of hydrogen-bond acceptors (Lipinski definition) is 4. The van der Waals surface area contributed by atoms with Crippen molar-refractivity contribution in [1.29, 1.82) is 0 Å². The molecule has 0 fully saturated rings. The second-order valence-electron chi connectivity index (χ2n) is 5.25. The summed E-state index contributed by atoms with van der Waals surface area (Å²) in [6.45, 7) is 0. The lowest BCUT2D eigenvalue weighted by molar-refractivity contribution is 0.0926. The molecule has 0 bridgehead atoms. The van der Waals surface area contributed by atoms with Crippen molar-refractivity contribution in [3.63, 3.8) is 0 Å². The summed E-state index contributed by atoms with van der Waals surface area (Å²) in [7, 11) is 0. The monoisotopic (exact) mass is 296 g/mol. The molecule has 2 aromatic carbocycles. The Bertz CT molecular complexity index is 569. The Hall–Kier alpha value is -2.30. The molecule has 4 nitrogen and oxygen atoms in total. The van der Waals surface area contributed by atoms with Crippen LogP contribution in [0.2, 0.25) is 0 Å². The summed E-state index contributed by atoms with van der Waals surface area (Å²) in [5, 5.41) is 0. The number of hydrogen-bond donors (Lipinski definition) is 2. The highest BCUT2D eigenvalue weighted by Crippen LogP contribution is 2.10. The van der Waals surface area contributed by atoms with E-state index < -0.39 is 12.1 Å². The van der Waals surface area contributed by atoms with Crippen molar-refractivity contribution in [2.45, 2.75) is 24.9 Å². The minimum absolute atomic E-state index is 0.125. The summed E-state index contributed by atoms with van der Waals surface area (Å²) in [5.74, 6) is -0.250. The summed E-state index contributed by atoms with van der Waals surface area (Å²) in [6.07, 6.45) is 0.765. The normalized spacial score (nSPS) is 13.4. The molecule has 0 aliphatic carbocycles. The smallest absolute Gasteiger partial charge is 0.179 e. The zero-order valence-corrected chi connectivity index (χ0v) is 12.3. The van der Waals surface area contributed by atoms with Crippen molar-refractivity contribution in [2.75, 3.05) is 0 Å². The Balaban J connectivity index is 1.89. The molecule has 0 saturated heterocycles. The molecule has 0 amide bonds. The van der Waals surface area contributed by atoms with Gasteiger partial charge in [-0.25, -0.2) is 0 Å². The number of benzene rings is 2. The minimum Gasteiger partial charge on any atom is -0.321 e. The molecule has 0 radical (unpaired) electrons. The van der Waals surface area contributed by atoms with Crippen LogP contribution < -0.4 is 11.5 Å². The van der Waals surface area contributed by atoms with Gasteiger partial charge in [0.25, 0.3) is 0 Å². The molecule has 4 heteroatoms. The molecule has 2 atom stereocenters. The third-order valence-electron chi connectivity index (χ3n) is 3.58. The van der Waals surface area contributed by atoms with Crippen molar-refractivity contribution in [1.82, 2.24) is 0 Å². The van der Waals surface area contributed by atoms with Gasteiger partial charge in [0.15, 0.2) is 11.6 Å². The van der Waals surface area contributed by atoms with Gasteiger partial charge in [-0.15, -0.1) is 0 Å². The van der Waals surface area contributed by atoms with Gasteiger partial charge < -0.3 is 11.5 Å². The highest BCUT2D eigenvalue weighted by atomic mass is 16.1. The Morgan fingerprint density at radius 3 is 1.32 bits per heavy atom. The third kappa shape index (κ3) is 4.10. The molecular weight excluding hydrogens is 276 g/mol. The highest BCUT2D eigenvalue weighted by molar-refractivity contribution is 6.01. The zero-order valence-electron chi connectivity index (χ0n) is 12.3. The van der Waals surface area contributed by atoms with Crippen molar-refractivity contribution < 1.29 is 9.59 Å². The Labute approximate surface area is 130 Å². The zero-order chi connectivity index (χ0) is 15.9. The molecule has 2 rings (SSSR count). The van der Waals surface area contributed by atoms with E-state index in [0.29, 0.717) is 24.0 Å². The second kappa shape index (κ2) is 7.64. The van der Waals surface area contributed by atoms with E-state index in [9.17, 15) is 9.59 Å². The van der Waals surface area contributed by atoms with Crippen LogP contribution in [0, 0.1) is 0 Å². The van der Waals surface area contributed by atoms with Crippen LogP contribution in [0.4, 0.5) is 0 Å². The standard InChI is InChI=1S/C18H20N2O2/c19-15(17(21)13-7-3-1-4-8-13)11-12-16(20)18(22)14-9-5-2-6-10-14/h1-10,15-16H,11-12,19-20H2/t15-,16-/m0/s1. The summed E-state index contributed by atoms with van der Waals surface area (Å²) < 4.78 is 0. The topological polar surface area (TPSA) is 86.2 Å². The Morgan fingerprint density at radius 1 is 0.682 bits per heavy atom. The summed E-state index contributed by atoms with van der Waals surface area (Å²) in [6, 6.07) is 16.5. The highest BCUT2D eigenvalue weighted by Gasteiger charge is 2.20. The van der Waals surface area contributed by atoms with Gasteiger partial charge in [-0.1, -0.05) is 60.7 Å². The molecule has 0 saturated carbocycles. The number of nitrogens with two attached hydrogens (primary N) is 2. The van der Waals surface area contributed by atoms with Gasteiger partial charge >= 0.3 is 0 Å². The van der Waals surface area contributed by atoms with Crippen LogP contribution >= 0.6 is 0 Å². The van der Waals surface area contributed by atoms with E-state index in [4.69, 9.17) is 11.5 Å². The number of ketones is 2. The average molecular weight is 296 g/mol. The van der Waals surface area contributed by atoms with E-state index in [2.05, 4.69) is 0 Å². The Morgan fingerprint density at radius 2 is 1.00 bits per heavy atom. The van der Waals surface area contributed by atoms with Crippen LogP contribution in [-0.4, -0.2) is 23.7 Å². The third-order valence-corrected chi connectivity index (χ3v) is 3.58. The lowest BCUT2D eigenvalue weighted by atomic mass is 9.95. The second-order valence-corrected chi connectivity index (χ2v) is 5.25. The SMILES string of the molecule is N[C@@H](CC[C@H](N)C(=O)c1ccccc1)C(=O)c1ccccc1. The van der Waals surface area contributed by atoms with Crippen LogP contribution in [0.25, 0.3) is 0 Å². The fourth-order valence-electron chi connectivity index (χ4n) is 2.25. The van der Waals surface area contributed by atoms with Crippen LogP contribution in [0.3, 0.4) is 0 Å². The first-order valence-corrected chi connectivity index (χ1v) is 7.29. The number of carbonyl (C=O) groups is 2. The molecule has 2 aromatic rings. The van der Waals surface area contributed by atoms with Gasteiger partial charge in [0.2, 0.25) is 0 Å². The molecule has 0 aliphatic rings. The van der Waals surface area contributed by atoms with E-state index in [1.807, 2.05) is 12.1 Å². The van der Waals surface area contributed by atoms with Crippen molar-refractivity contribution in [2.24, 2.45) is 11.5 Å². The van der Waals surface area contributed by atoms with Gasteiger partial charge in [0, 0.05) is 11.1 Å². The maximum absolute atomic E-state index is 12.1. The molecule has 114 valence electrons. The first kappa shape index (κ1) is 16.1. The van der Waals surface area contributed by atoms with E-state index in [1.54, 1.807) is 48.5 Å². The fourth-order valence-corrected chi connectivity index (χ4v) is 2.25. The van der Waals surface area contributed by atoms with Crippen LogP contribution in [0.1, 0.15) is 33.6 Å². The van der Waals surface area contributed by atoms with Crippen molar-refractivity contribution in [3.8, 4) is 0 Å².